The third-order valence-electron chi connectivity index (χ3n) is 5.78. The molecule has 3 aromatic heterocycles. The van der Waals surface area contributed by atoms with Gasteiger partial charge in [0.1, 0.15) is 23.6 Å². The van der Waals surface area contributed by atoms with E-state index in [1.54, 1.807) is 41.7 Å². The number of pyridine rings is 1. The third-order valence-corrected chi connectivity index (χ3v) is 5.78. The molecule has 2 saturated heterocycles. The average Bonchev–Trinajstić information content (AvgIpc) is 3.23. The van der Waals surface area contributed by atoms with Crippen LogP contribution in [-0.4, -0.2) is 46.4 Å². The number of aromatic hydroxyl groups is 1. The second kappa shape index (κ2) is 7.04. The smallest absolute Gasteiger partial charge is 0.174 e. The van der Waals surface area contributed by atoms with Gasteiger partial charge in [0.05, 0.1) is 11.8 Å². The van der Waals surface area contributed by atoms with Gasteiger partial charge in [0, 0.05) is 36.2 Å². The quantitative estimate of drug-likeness (QED) is 0.710. The zero-order chi connectivity index (χ0) is 19.8. The zero-order valence-electron chi connectivity index (χ0n) is 16.3. The molecule has 2 bridgehead atoms. The first-order chi connectivity index (χ1) is 14.1. The summed E-state index contributed by atoms with van der Waals surface area (Å²) in [6, 6.07) is 2.13. The summed E-state index contributed by atoms with van der Waals surface area (Å²) in [6.45, 7) is 2.30. The van der Waals surface area contributed by atoms with Gasteiger partial charge in [0.2, 0.25) is 0 Å². The minimum atomic E-state index is 0.0741. The van der Waals surface area contributed by atoms with Crippen LogP contribution in [0.2, 0.25) is 0 Å². The molecule has 0 aliphatic carbocycles. The van der Waals surface area contributed by atoms with Crippen molar-refractivity contribution in [3.8, 4) is 22.8 Å². The molecule has 0 amide bonds. The molecule has 5 rings (SSSR count). The first kappa shape index (κ1) is 17.9. The number of aromatic nitrogens is 6. The maximum Gasteiger partial charge on any atom is 0.174 e. The van der Waals surface area contributed by atoms with E-state index in [4.69, 9.17) is 0 Å². The molecule has 148 valence electrons. The van der Waals surface area contributed by atoms with E-state index in [1.807, 2.05) is 0 Å². The van der Waals surface area contributed by atoms with E-state index >= 15 is 0 Å². The van der Waals surface area contributed by atoms with E-state index in [9.17, 15) is 5.11 Å². The molecule has 1 unspecified atom stereocenters. The fraction of sp³-hybridized carbons (Fsp3) is 0.381. The van der Waals surface area contributed by atoms with Crippen molar-refractivity contribution in [1.29, 1.82) is 0 Å². The molecule has 2 fully saturated rings. The Hall–Kier alpha value is -3.13. The molecule has 8 nitrogen and oxygen atoms in total. The van der Waals surface area contributed by atoms with E-state index in [0.717, 1.165) is 12.8 Å². The molecule has 0 spiro atoms. The molecule has 2 N–H and O–H groups in total. The second-order valence-electron chi connectivity index (χ2n) is 8.21. The lowest BCUT2D eigenvalue weighted by Crippen LogP contribution is -2.55. The lowest BCUT2D eigenvalue weighted by Gasteiger charge is -2.45. The molecule has 29 heavy (non-hydrogen) atoms. The maximum atomic E-state index is 10.4. The molecule has 0 aromatic carbocycles. The SMILES string of the molecule is C[C@]12CCCC(C/C(=C\c3ncc(-c4cnc(-n5ccnc5)cc4O)nn3)C1)N2. The van der Waals surface area contributed by atoms with Crippen LogP contribution >= 0.6 is 0 Å². The molecule has 2 aliphatic rings. The first-order valence-electron chi connectivity index (χ1n) is 9.93. The van der Waals surface area contributed by atoms with Gasteiger partial charge in [-0.05, 0) is 38.7 Å². The molecular weight excluding hydrogens is 366 g/mol. The highest BCUT2D eigenvalue weighted by Gasteiger charge is 2.36. The van der Waals surface area contributed by atoms with E-state index < -0.39 is 0 Å². The van der Waals surface area contributed by atoms with Gasteiger partial charge in [-0.25, -0.2) is 15.0 Å². The summed E-state index contributed by atoms with van der Waals surface area (Å²) in [5.74, 6) is 1.26. The van der Waals surface area contributed by atoms with Crippen molar-refractivity contribution in [2.45, 2.75) is 50.6 Å². The zero-order valence-corrected chi connectivity index (χ0v) is 16.3. The minimum Gasteiger partial charge on any atom is -0.507 e. The Morgan fingerprint density at radius 2 is 2.21 bits per heavy atom. The van der Waals surface area contributed by atoms with Crippen molar-refractivity contribution in [2.75, 3.05) is 0 Å². The summed E-state index contributed by atoms with van der Waals surface area (Å²) < 4.78 is 1.72. The molecule has 8 heteroatoms. The Balaban J connectivity index is 1.37. The summed E-state index contributed by atoms with van der Waals surface area (Å²) in [7, 11) is 0. The molecule has 0 saturated carbocycles. The van der Waals surface area contributed by atoms with E-state index in [0.29, 0.717) is 28.9 Å². The number of hydrogen-bond donors (Lipinski definition) is 2. The molecule has 2 aliphatic heterocycles. The summed E-state index contributed by atoms with van der Waals surface area (Å²) in [5, 5.41) is 22.7. The van der Waals surface area contributed by atoms with Crippen molar-refractivity contribution in [1.82, 2.24) is 35.0 Å². The molecular formula is C21H23N7O. The van der Waals surface area contributed by atoms with Crippen molar-refractivity contribution in [3.63, 3.8) is 0 Å². The van der Waals surface area contributed by atoms with Crippen LogP contribution in [-0.2, 0) is 0 Å². The van der Waals surface area contributed by atoms with Crippen LogP contribution < -0.4 is 5.32 Å². The Morgan fingerprint density at radius 3 is 2.93 bits per heavy atom. The van der Waals surface area contributed by atoms with Gasteiger partial charge in [0.15, 0.2) is 5.82 Å². The largest absolute Gasteiger partial charge is 0.507 e. The Labute approximate surface area is 168 Å². The van der Waals surface area contributed by atoms with Crippen molar-refractivity contribution in [2.24, 2.45) is 0 Å². The Bertz CT molecular complexity index is 1050. The molecule has 3 aromatic rings. The summed E-state index contributed by atoms with van der Waals surface area (Å²) in [4.78, 5) is 12.8. The highest BCUT2D eigenvalue weighted by molar-refractivity contribution is 5.66. The summed E-state index contributed by atoms with van der Waals surface area (Å²) in [6.07, 6.45) is 16.1. The van der Waals surface area contributed by atoms with Gasteiger partial charge in [-0.1, -0.05) is 12.0 Å². The minimum absolute atomic E-state index is 0.0741. The van der Waals surface area contributed by atoms with Gasteiger partial charge in [0.25, 0.3) is 0 Å². The third kappa shape index (κ3) is 3.63. The van der Waals surface area contributed by atoms with E-state index in [-0.39, 0.29) is 11.3 Å². The van der Waals surface area contributed by atoms with Gasteiger partial charge < -0.3 is 10.4 Å². The lowest BCUT2D eigenvalue weighted by molar-refractivity contribution is 0.192. The van der Waals surface area contributed by atoms with Crippen LogP contribution in [0.1, 0.15) is 44.9 Å². The number of rotatable bonds is 3. The lowest BCUT2D eigenvalue weighted by atomic mass is 9.75. The first-order valence-corrected chi connectivity index (χ1v) is 9.93. The predicted molar refractivity (Wildman–Crippen MR) is 108 cm³/mol. The van der Waals surface area contributed by atoms with Gasteiger partial charge >= 0.3 is 0 Å². The number of fused-ring (bicyclic) bond motifs is 2. The van der Waals surface area contributed by atoms with Crippen LogP contribution in [0.3, 0.4) is 0 Å². The predicted octanol–water partition coefficient (Wildman–Crippen LogP) is 2.90. The standard InChI is InChI=1S/C21H23N7O/c1-21-4-2-3-15(25-21)7-14(10-21)8-19-23-12-17(26-27-19)16-11-24-20(9-18(16)29)28-6-5-22-13-28/h5-6,8-9,11-13,15,25H,2-4,7,10H2,1H3,(H,24,29)/b14-8+/t15?,21-/m0/s1. The van der Waals surface area contributed by atoms with Crippen LogP contribution in [0.25, 0.3) is 23.2 Å². The van der Waals surface area contributed by atoms with Crippen molar-refractivity contribution >= 4 is 6.08 Å². The number of piperidine rings is 2. The van der Waals surface area contributed by atoms with Crippen LogP contribution in [0.15, 0.2) is 42.8 Å². The van der Waals surface area contributed by atoms with Gasteiger partial charge in [-0.2, -0.15) is 0 Å². The van der Waals surface area contributed by atoms with Crippen molar-refractivity contribution in [3.05, 3.63) is 48.6 Å². The summed E-state index contributed by atoms with van der Waals surface area (Å²) >= 11 is 0. The van der Waals surface area contributed by atoms with Crippen molar-refractivity contribution < 1.29 is 5.11 Å². The summed E-state index contributed by atoms with van der Waals surface area (Å²) in [5.41, 5.74) is 2.55. The Kier molecular flexibility index (Phi) is 4.35. The number of hydrogen-bond acceptors (Lipinski definition) is 7. The Morgan fingerprint density at radius 1 is 1.28 bits per heavy atom. The normalized spacial score (nSPS) is 25.3. The number of nitrogens with zero attached hydrogens (tertiary/aromatic N) is 6. The number of nitrogens with one attached hydrogen (secondary N) is 1. The fourth-order valence-electron chi connectivity index (χ4n) is 4.49. The highest BCUT2D eigenvalue weighted by Crippen LogP contribution is 2.37. The average molecular weight is 389 g/mol. The van der Waals surface area contributed by atoms with Crippen LogP contribution in [0.5, 0.6) is 5.75 Å². The molecule has 5 heterocycles. The second-order valence-corrected chi connectivity index (χ2v) is 8.21. The maximum absolute atomic E-state index is 10.4. The monoisotopic (exact) mass is 389 g/mol. The highest BCUT2D eigenvalue weighted by atomic mass is 16.3. The van der Waals surface area contributed by atoms with Crippen LogP contribution in [0, 0.1) is 0 Å². The topological polar surface area (TPSA) is 102 Å². The van der Waals surface area contributed by atoms with Gasteiger partial charge in [-0.3, -0.25) is 4.57 Å². The fourth-order valence-corrected chi connectivity index (χ4v) is 4.49. The molecule has 2 atom stereocenters. The van der Waals surface area contributed by atoms with Crippen LogP contribution in [0.4, 0.5) is 0 Å². The van der Waals surface area contributed by atoms with Gasteiger partial charge in [-0.15, -0.1) is 10.2 Å². The van der Waals surface area contributed by atoms with E-state index in [1.165, 1.54) is 24.8 Å². The molecule has 0 radical (unpaired) electrons. The number of imidazole rings is 1. The van der Waals surface area contributed by atoms with E-state index in [2.05, 4.69) is 43.5 Å².